The van der Waals surface area contributed by atoms with E-state index in [1.807, 2.05) is 20.8 Å². The highest BCUT2D eigenvalue weighted by molar-refractivity contribution is 6.01. The fraction of sp³-hybridized carbons (Fsp3) is 0.429. The molecule has 0 radical (unpaired) electrons. The van der Waals surface area contributed by atoms with Gasteiger partial charge in [-0.2, -0.15) is 0 Å². The van der Waals surface area contributed by atoms with E-state index in [1.54, 1.807) is 18.2 Å². The summed E-state index contributed by atoms with van der Waals surface area (Å²) < 4.78 is 0. The Kier molecular flexibility index (Phi) is 4.89. The SMILES string of the molecule is CCCC(C)C(=O)Nc1ccc(C)cc1C(=O)O. The molecule has 1 atom stereocenters. The lowest BCUT2D eigenvalue weighted by Gasteiger charge is -2.13. The van der Waals surface area contributed by atoms with E-state index in [1.165, 1.54) is 0 Å². The summed E-state index contributed by atoms with van der Waals surface area (Å²) >= 11 is 0. The van der Waals surface area contributed by atoms with Gasteiger partial charge in [0.25, 0.3) is 0 Å². The second kappa shape index (κ2) is 6.19. The van der Waals surface area contributed by atoms with E-state index in [0.29, 0.717) is 5.69 Å². The first-order valence-electron chi connectivity index (χ1n) is 6.10. The molecule has 0 aromatic heterocycles. The van der Waals surface area contributed by atoms with Crippen LogP contribution in [0.5, 0.6) is 0 Å². The Bertz CT molecular complexity index is 454. The summed E-state index contributed by atoms with van der Waals surface area (Å²) in [5.74, 6) is -1.28. The molecule has 1 unspecified atom stereocenters. The van der Waals surface area contributed by atoms with Gasteiger partial charge in [-0.05, 0) is 25.5 Å². The summed E-state index contributed by atoms with van der Waals surface area (Å²) in [4.78, 5) is 23.0. The van der Waals surface area contributed by atoms with Gasteiger partial charge in [0.05, 0.1) is 11.3 Å². The number of aromatic carboxylic acids is 1. The Morgan fingerprint density at radius 2 is 2.06 bits per heavy atom. The van der Waals surface area contributed by atoms with Crippen LogP contribution in [-0.2, 0) is 4.79 Å². The van der Waals surface area contributed by atoms with E-state index in [-0.39, 0.29) is 17.4 Å². The number of carboxylic acid groups (broad SMARTS) is 1. The molecular formula is C14H19NO3. The molecule has 1 amide bonds. The van der Waals surface area contributed by atoms with Crippen LogP contribution in [0.25, 0.3) is 0 Å². The largest absolute Gasteiger partial charge is 0.478 e. The zero-order chi connectivity index (χ0) is 13.7. The molecule has 0 aliphatic carbocycles. The van der Waals surface area contributed by atoms with Crippen molar-refractivity contribution in [1.82, 2.24) is 0 Å². The molecule has 98 valence electrons. The lowest BCUT2D eigenvalue weighted by molar-refractivity contribution is -0.119. The summed E-state index contributed by atoms with van der Waals surface area (Å²) in [7, 11) is 0. The number of carbonyl (C=O) groups is 2. The predicted molar refractivity (Wildman–Crippen MR) is 70.8 cm³/mol. The van der Waals surface area contributed by atoms with Crippen LogP contribution in [0, 0.1) is 12.8 Å². The Labute approximate surface area is 107 Å². The summed E-state index contributed by atoms with van der Waals surface area (Å²) in [6, 6.07) is 4.98. The normalized spacial score (nSPS) is 11.9. The van der Waals surface area contributed by atoms with Crippen molar-refractivity contribution in [1.29, 1.82) is 0 Å². The Morgan fingerprint density at radius 1 is 1.39 bits per heavy atom. The van der Waals surface area contributed by atoms with Gasteiger partial charge < -0.3 is 10.4 Å². The van der Waals surface area contributed by atoms with E-state index >= 15 is 0 Å². The molecule has 0 bridgehead atoms. The maximum atomic E-state index is 11.9. The number of benzene rings is 1. The fourth-order valence-corrected chi connectivity index (χ4v) is 1.76. The molecule has 0 fully saturated rings. The molecule has 1 rings (SSSR count). The van der Waals surface area contributed by atoms with Crippen LogP contribution in [0.2, 0.25) is 0 Å². The molecule has 0 heterocycles. The van der Waals surface area contributed by atoms with Crippen molar-refractivity contribution in [3.63, 3.8) is 0 Å². The molecule has 2 N–H and O–H groups in total. The van der Waals surface area contributed by atoms with Gasteiger partial charge in [-0.1, -0.05) is 31.9 Å². The van der Waals surface area contributed by atoms with Gasteiger partial charge in [-0.25, -0.2) is 4.79 Å². The molecule has 4 nitrogen and oxygen atoms in total. The van der Waals surface area contributed by atoms with Crippen LogP contribution in [-0.4, -0.2) is 17.0 Å². The van der Waals surface area contributed by atoms with E-state index in [4.69, 9.17) is 5.11 Å². The van der Waals surface area contributed by atoms with E-state index in [2.05, 4.69) is 5.32 Å². The highest BCUT2D eigenvalue weighted by atomic mass is 16.4. The van der Waals surface area contributed by atoms with E-state index in [0.717, 1.165) is 18.4 Å². The third kappa shape index (κ3) is 3.58. The maximum Gasteiger partial charge on any atom is 0.337 e. The quantitative estimate of drug-likeness (QED) is 0.842. The van der Waals surface area contributed by atoms with Crippen molar-refractivity contribution in [3.8, 4) is 0 Å². The lowest BCUT2D eigenvalue weighted by atomic mass is 10.0. The average Bonchev–Trinajstić information content (AvgIpc) is 2.31. The summed E-state index contributed by atoms with van der Waals surface area (Å²) in [6.45, 7) is 5.67. The van der Waals surface area contributed by atoms with Crippen LogP contribution < -0.4 is 5.32 Å². The first kappa shape index (κ1) is 14.2. The number of carbonyl (C=O) groups excluding carboxylic acids is 1. The number of hydrogen-bond donors (Lipinski definition) is 2. The van der Waals surface area contributed by atoms with Gasteiger partial charge in [0.15, 0.2) is 0 Å². The standard InChI is InChI=1S/C14H19NO3/c1-4-5-10(3)13(16)15-12-7-6-9(2)8-11(12)14(17)18/h6-8,10H,4-5H2,1-3H3,(H,15,16)(H,17,18). The monoisotopic (exact) mass is 249 g/mol. The fourth-order valence-electron chi connectivity index (χ4n) is 1.76. The van der Waals surface area contributed by atoms with Crippen molar-refractivity contribution in [3.05, 3.63) is 29.3 Å². The first-order valence-corrected chi connectivity index (χ1v) is 6.10. The van der Waals surface area contributed by atoms with E-state index < -0.39 is 5.97 Å². The van der Waals surface area contributed by atoms with Crippen LogP contribution in [0.15, 0.2) is 18.2 Å². The second-order valence-electron chi connectivity index (χ2n) is 4.53. The molecule has 1 aromatic carbocycles. The minimum Gasteiger partial charge on any atom is -0.478 e. The van der Waals surface area contributed by atoms with Crippen LogP contribution in [0.4, 0.5) is 5.69 Å². The van der Waals surface area contributed by atoms with Gasteiger partial charge >= 0.3 is 5.97 Å². The summed E-state index contributed by atoms with van der Waals surface area (Å²) in [5, 5.41) is 11.8. The minimum absolute atomic E-state index is 0.113. The van der Waals surface area contributed by atoms with Crippen molar-refractivity contribution < 1.29 is 14.7 Å². The highest BCUT2D eigenvalue weighted by Crippen LogP contribution is 2.19. The molecule has 0 saturated heterocycles. The number of aryl methyl sites for hydroxylation is 1. The predicted octanol–water partition coefficient (Wildman–Crippen LogP) is 3.07. The van der Waals surface area contributed by atoms with Crippen LogP contribution in [0.3, 0.4) is 0 Å². The van der Waals surface area contributed by atoms with Gasteiger partial charge in [-0.3, -0.25) is 4.79 Å². The van der Waals surface area contributed by atoms with Crippen LogP contribution >= 0.6 is 0 Å². The number of amides is 1. The second-order valence-corrected chi connectivity index (χ2v) is 4.53. The highest BCUT2D eigenvalue weighted by Gasteiger charge is 2.16. The number of carboxylic acids is 1. The molecule has 4 heteroatoms. The van der Waals surface area contributed by atoms with Gasteiger partial charge in [0.1, 0.15) is 0 Å². The Hall–Kier alpha value is -1.84. The summed E-state index contributed by atoms with van der Waals surface area (Å²) in [5.41, 5.74) is 1.35. The molecular weight excluding hydrogens is 230 g/mol. The molecule has 0 aliphatic rings. The minimum atomic E-state index is -1.03. The number of rotatable bonds is 5. The van der Waals surface area contributed by atoms with Crippen molar-refractivity contribution >= 4 is 17.6 Å². The lowest BCUT2D eigenvalue weighted by Crippen LogP contribution is -2.21. The molecule has 18 heavy (non-hydrogen) atoms. The molecule has 0 saturated carbocycles. The molecule has 1 aromatic rings. The number of nitrogens with one attached hydrogen (secondary N) is 1. The smallest absolute Gasteiger partial charge is 0.337 e. The topological polar surface area (TPSA) is 66.4 Å². The Balaban J connectivity index is 2.90. The third-order valence-corrected chi connectivity index (χ3v) is 2.83. The van der Waals surface area contributed by atoms with Gasteiger partial charge in [0.2, 0.25) is 5.91 Å². The van der Waals surface area contributed by atoms with Crippen LogP contribution in [0.1, 0.15) is 42.6 Å². The third-order valence-electron chi connectivity index (χ3n) is 2.83. The zero-order valence-electron chi connectivity index (χ0n) is 11.0. The average molecular weight is 249 g/mol. The van der Waals surface area contributed by atoms with Crippen molar-refractivity contribution in [2.45, 2.75) is 33.6 Å². The summed E-state index contributed by atoms with van der Waals surface area (Å²) in [6.07, 6.45) is 1.72. The zero-order valence-corrected chi connectivity index (χ0v) is 11.0. The first-order chi connectivity index (χ1) is 8.45. The van der Waals surface area contributed by atoms with Gasteiger partial charge in [0, 0.05) is 5.92 Å². The Morgan fingerprint density at radius 3 is 2.61 bits per heavy atom. The molecule has 0 aliphatic heterocycles. The van der Waals surface area contributed by atoms with Crippen molar-refractivity contribution in [2.24, 2.45) is 5.92 Å². The van der Waals surface area contributed by atoms with Gasteiger partial charge in [-0.15, -0.1) is 0 Å². The van der Waals surface area contributed by atoms with E-state index in [9.17, 15) is 9.59 Å². The number of anilines is 1. The molecule has 0 spiro atoms. The maximum absolute atomic E-state index is 11.9. The van der Waals surface area contributed by atoms with Crippen molar-refractivity contribution in [2.75, 3.05) is 5.32 Å². The number of hydrogen-bond acceptors (Lipinski definition) is 2.